The lowest BCUT2D eigenvalue weighted by atomic mass is 9.91. The van der Waals surface area contributed by atoms with Gasteiger partial charge in [0, 0.05) is 49.6 Å². The second kappa shape index (κ2) is 7.51. The molecule has 2 heterocycles. The lowest BCUT2D eigenvalue weighted by Crippen LogP contribution is -2.36. The SMILES string of the molecule is CC(=O)N1CCC(c2c3ccc(F)cc3nn2CCc2ccccc2)CC1. The van der Waals surface area contributed by atoms with E-state index in [1.165, 1.54) is 23.4 Å². The van der Waals surface area contributed by atoms with Crippen LogP contribution in [0.15, 0.2) is 48.5 Å². The molecule has 0 spiro atoms. The van der Waals surface area contributed by atoms with Crippen LogP contribution in [0.25, 0.3) is 10.9 Å². The Balaban J connectivity index is 1.64. The Morgan fingerprint density at radius 3 is 2.59 bits per heavy atom. The van der Waals surface area contributed by atoms with Crippen LogP contribution in [-0.4, -0.2) is 33.7 Å². The zero-order valence-electron chi connectivity index (χ0n) is 15.6. The Kier molecular flexibility index (Phi) is 4.92. The van der Waals surface area contributed by atoms with Crippen LogP contribution in [-0.2, 0) is 17.8 Å². The number of fused-ring (bicyclic) bond motifs is 1. The fourth-order valence-corrected chi connectivity index (χ4v) is 4.08. The highest BCUT2D eigenvalue weighted by molar-refractivity contribution is 5.82. The number of hydrogen-bond donors (Lipinski definition) is 0. The Morgan fingerprint density at radius 1 is 1.15 bits per heavy atom. The molecule has 0 N–H and O–H groups in total. The van der Waals surface area contributed by atoms with E-state index in [0.717, 1.165) is 44.3 Å². The Labute approximate surface area is 158 Å². The molecule has 1 aromatic heterocycles. The first-order valence-corrected chi connectivity index (χ1v) is 9.57. The fraction of sp³-hybridized carbons (Fsp3) is 0.364. The van der Waals surface area contributed by atoms with Gasteiger partial charge in [0.25, 0.3) is 0 Å². The van der Waals surface area contributed by atoms with Crippen molar-refractivity contribution in [3.8, 4) is 0 Å². The summed E-state index contributed by atoms with van der Waals surface area (Å²) in [6.45, 7) is 3.93. The molecule has 0 atom stereocenters. The molecule has 2 aromatic carbocycles. The average Bonchev–Trinajstić information content (AvgIpc) is 3.04. The molecule has 4 nitrogen and oxygen atoms in total. The van der Waals surface area contributed by atoms with Gasteiger partial charge in [-0.05, 0) is 37.0 Å². The molecule has 1 aliphatic rings. The van der Waals surface area contributed by atoms with E-state index in [-0.39, 0.29) is 11.7 Å². The first kappa shape index (κ1) is 17.7. The maximum absolute atomic E-state index is 13.7. The van der Waals surface area contributed by atoms with E-state index in [2.05, 4.69) is 16.8 Å². The normalized spacial score (nSPS) is 15.4. The molecule has 1 fully saturated rings. The summed E-state index contributed by atoms with van der Waals surface area (Å²) >= 11 is 0. The number of aryl methyl sites for hydroxylation is 2. The highest BCUT2D eigenvalue weighted by Gasteiger charge is 2.26. The van der Waals surface area contributed by atoms with Crippen molar-refractivity contribution < 1.29 is 9.18 Å². The minimum atomic E-state index is -0.256. The summed E-state index contributed by atoms with van der Waals surface area (Å²) in [5.41, 5.74) is 3.16. The molecule has 0 aliphatic carbocycles. The van der Waals surface area contributed by atoms with Crippen LogP contribution in [0, 0.1) is 5.82 Å². The molecule has 3 aromatic rings. The van der Waals surface area contributed by atoms with E-state index >= 15 is 0 Å². The molecule has 140 valence electrons. The van der Waals surface area contributed by atoms with E-state index in [4.69, 9.17) is 5.10 Å². The van der Waals surface area contributed by atoms with E-state index in [1.807, 2.05) is 29.2 Å². The maximum Gasteiger partial charge on any atom is 0.219 e. The van der Waals surface area contributed by atoms with Gasteiger partial charge in [-0.1, -0.05) is 30.3 Å². The molecule has 4 rings (SSSR count). The minimum Gasteiger partial charge on any atom is -0.343 e. The van der Waals surface area contributed by atoms with Crippen LogP contribution in [0.4, 0.5) is 4.39 Å². The van der Waals surface area contributed by atoms with Crippen LogP contribution < -0.4 is 0 Å². The summed E-state index contributed by atoms with van der Waals surface area (Å²) in [6.07, 6.45) is 2.72. The molecular formula is C22H24FN3O. The number of aromatic nitrogens is 2. The van der Waals surface area contributed by atoms with Gasteiger partial charge in [0.05, 0.1) is 5.52 Å². The number of amides is 1. The summed E-state index contributed by atoms with van der Waals surface area (Å²) in [7, 11) is 0. The second-order valence-corrected chi connectivity index (χ2v) is 7.29. The number of carbonyl (C=O) groups is 1. The van der Waals surface area contributed by atoms with Gasteiger partial charge in [-0.15, -0.1) is 0 Å². The highest BCUT2D eigenvalue weighted by Crippen LogP contribution is 2.33. The summed E-state index contributed by atoms with van der Waals surface area (Å²) in [5.74, 6) is 0.220. The van der Waals surface area contributed by atoms with Crippen molar-refractivity contribution in [3.63, 3.8) is 0 Å². The number of halogens is 1. The molecule has 1 amide bonds. The first-order chi connectivity index (χ1) is 13.1. The maximum atomic E-state index is 13.7. The van der Waals surface area contributed by atoms with Crippen molar-refractivity contribution in [2.45, 2.75) is 38.6 Å². The fourth-order valence-electron chi connectivity index (χ4n) is 4.08. The van der Waals surface area contributed by atoms with Gasteiger partial charge >= 0.3 is 0 Å². The predicted molar refractivity (Wildman–Crippen MR) is 104 cm³/mol. The standard InChI is InChI=1S/C22H24FN3O/c1-16(27)25-12-10-18(11-13-25)22-20-8-7-19(23)15-21(20)24-26(22)14-9-17-5-3-2-4-6-17/h2-8,15,18H,9-14H2,1H3. The third-order valence-corrected chi connectivity index (χ3v) is 5.52. The number of piperidine rings is 1. The summed E-state index contributed by atoms with van der Waals surface area (Å²) in [6, 6.07) is 15.2. The van der Waals surface area contributed by atoms with E-state index in [1.54, 1.807) is 6.92 Å². The number of hydrogen-bond acceptors (Lipinski definition) is 2. The molecule has 0 saturated carbocycles. The van der Waals surface area contributed by atoms with Crippen LogP contribution in [0.5, 0.6) is 0 Å². The Morgan fingerprint density at radius 2 is 1.89 bits per heavy atom. The van der Waals surface area contributed by atoms with Crippen molar-refractivity contribution in [1.29, 1.82) is 0 Å². The minimum absolute atomic E-state index is 0.137. The molecule has 5 heteroatoms. The topological polar surface area (TPSA) is 38.1 Å². The Bertz CT molecular complexity index is 943. The second-order valence-electron chi connectivity index (χ2n) is 7.29. The zero-order valence-corrected chi connectivity index (χ0v) is 15.6. The first-order valence-electron chi connectivity index (χ1n) is 9.57. The number of rotatable bonds is 4. The summed E-state index contributed by atoms with van der Waals surface area (Å²) in [5, 5.41) is 5.75. The van der Waals surface area contributed by atoms with E-state index in [0.29, 0.717) is 11.4 Å². The molecule has 27 heavy (non-hydrogen) atoms. The van der Waals surface area contributed by atoms with Gasteiger partial charge in [0.2, 0.25) is 5.91 Å². The Hall–Kier alpha value is -2.69. The lowest BCUT2D eigenvalue weighted by molar-refractivity contribution is -0.129. The van der Waals surface area contributed by atoms with Gasteiger partial charge in [0.1, 0.15) is 5.82 Å². The van der Waals surface area contributed by atoms with Gasteiger partial charge in [-0.25, -0.2) is 4.39 Å². The molecular weight excluding hydrogens is 341 g/mol. The number of nitrogens with zero attached hydrogens (tertiary/aromatic N) is 3. The van der Waals surface area contributed by atoms with Crippen molar-refractivity contribution in [3.05, 3.63) is 65.6 Å². The van der Waals surface area contributed by atoms with Crippen molar-refractivity contribution in [2.24, 2.45) is 0 Å². The molecule has 0 unspecified atom stereocenters. The van der Waals surface area contributed by atoms with Crippen LogP contribution >= 0.6 is 0 Å². The number of likely N-dealkylation sites (tertiary alicyclic amines) is 1. The van der Waals surface area contributed by atoms with Crippen molar-refractivity contribution in [1.82, 2.24) is 14.7 Å². The molecule has 0 radical (unpaired) electrons. The third kappa shape index (κ3) is 3.72. The van der Waals surface area contributed by atoms with Crippen LogP contribution in [0.1, 0.15) is 36.9 Å². The molecule has 1 aliphatic heterocycles. The third-order valence-electron chi connectivity index (χ3n) is 5.52. The van der Waals surface area contributed by atoms with Crippen molar-refractivity contribution >= 4 is 16.8 Å². The van der Waals surface area contributed by atoms with Crippen LogP contribution in [0.3, 0.4) is 0 Å². The average molecular weight is 365 g/mol. The zero-order chi connectivity index (χ0) is 18.8. The van der Waals surface area contributed by atoms with Crippen LogP contribution in [0.2, 0.25) is 0 Å². The molecule has 1 saturated heterocycles. The van der Waals surface area contributed by atoms with Crippen molar-refractivity contribution in [2.75, 3.05) is 13.1 Å². The van der Waals surface area contributed by atoms with Gasteiger partial charge in [-0.2, -0.15) is 5.10 Å². The highest BCUT2D eigenvalue weighted by atomic mass is 19.1. The largest absolute Gasteiger partial charge is 0.343 e. The smallest absolute Gasteiger partial charge is 0.219 e. The van der Waals surface area contributed by atoms with Gasteiger partial charge < -0.3 is 4.90 Å². The summed E-state index contributed by atoms with van der Waals surface area (Å²) in [4.78, 5) is 13.5. The summed E-state index contributed by atoms with van der Waals surface area (Å²) < 4.78 is 15.8. The van der Waals surface area contributed by atoms with Gasteiger partial charge in [0.15, 0.2) is 0 Å². The van der Waals surface area contributed by atoms with E-state index in [9.17, 15) is 9.18 Å². The quantitative estimate of drug-likeness (QED) is 0.697. The van der Waals surface area contributed by atoms with E-state index < -0.39 is 0 Å². The van der Waals surface area contributed by atoms with Gasteiger partial charge in [-0.3, -0.25) is 9.48 Å². The number of carbonyl (C=O) groups excluding carboxylic acids is 1. The molecule has 0 bridgehead atoms. The predicted octanol–water partition coefficient (Wildman–Crippen LogP) is 4.14. The monoisotopic (exact) mass is 365 g/mol. The lowest BCUT2D eigenvalue weighted by Gasteiger charge is -2.31. The number of benzene rings is 2.